The standard InChI is InChI=1S/C28H25BrN4O4S2/c1-15(18-6-10-21(11-7-18)31-17(3)34)30-27(36)23-12-13-24(39-23)28(37)33-32-16(2)22-14-38-26(25(22)35)19-4-8-20(29)9-5-19/h4-15,35H,1-3H3,(H,30,36)(H,31,34)(H,33,37). The maximum atomic E-state index is 12.8. The molecular weight excluding hydrogens is 600 g/mol. The van der Waals surface area contributed by atoms with Crippen molar-refractivity contribution in [1.82, 2.24) is 10.7 Å². The highest BCUT2D eigenvalue weighted by Crippen LogP contribution is 2.39. The first-order valence-corrected chi connectivity index (χ1v) is 14.3. The molecule has 4 rings (SSSR count). The summed E-state index contributed by atoms with van der Waals surface area (Å²) in [5.74, 6) is -0.812. The Labute approximate surface area is 241 Å². The van der Waals surface area contributed by atoms with E-state index in [0.29, 0.717) is 31.6 Å². The van der Waals surface area contributed by atoms with Crippen LogP contribution < -0.4 is 16.1 Å². The molecule has 0 radical (unpaired) electrons. The number of hydrogen-bond acceptors (Lipinski definition) is 7. The predicted octanol–water partition coefficient (Wildman–Crippen LogP) is 6.55. The highest BCUT2D eigenvalue weighted by atomic mass is 79.9. The number of carbonyl (C=O) groups excluding carboxylic acids is 3. The van der Waals surface area contributed by atoms with Gasteiger partial charge in [0.1, 0.15) is 5.75 Å². The van der Waals surface area contributed by atoms with E-state index in [-0.39, 0.29) is 23.6 Å². The molecular formula is C28H25BrN4O4S2. The molecule has 0 saturated carbocycles. The lowest BCUT2D eigenvalue weighted by molar-refractivity contribution is -0.114. The van der Waals surface area contributed by atoms with Gasteiger partial charge in [-0.2, -0.15) is 5.10 Å². The Morgan fingerprint density at radius 2 is 1.56 bits per heavy atom. The van der Waals surface area contributed by atoms with Gasteiger partial charge in [0.2, 0.25) is 5.91 Å². The summed E-state index contributed by atoms with van der Waals surface area (Å²) in [4.78, 5) is 38.0. The first-order chi connectivity index (χ1) is 18.6. The summed E-state index contributed by atoms with van der Waals surface area (Å²) in [5, 5.41) is 22.3. The van der Waals surface area contributed by atoms with E-state index in [2.05, 4.69) is 37.1 Å². The molecule has 11 heteroatoms. The quantitative estimate of drug-likeness (QED) is 0.131. The summed E-state index contributed by atoms with van der Waals surface area (Å²) in [7, 11) is 0. The Morgan fingerprint density at radius 3 is 2.21 bits per heavy atom. The van der Waals surface area contributed by atoms with Gasteiger partial charge in [-0.15, -0.1) is 22.7 Å². The van der Waals surface area contributed by atoms with Gasteiger partial charge in [0.05, 0.1) is 31.9 Å². The number of hydrogen-bond donors (Lipinski definition) is 4. The molecule has 39 heavy (non-hydrogen) atoms. The zero-order valence-electron chi connectivity index (χ0n) is 21.2. The number of benzene rings is 2. The molecule has 8 nitrogen and oxygen atoms in total. The molecule has 0 aliphatic heterocycles. The van der Waals surface area contributed by atoms with E-state index in [4.69, 9.17) is 0 Å². The fourth-order valence-electron chi connectivity index (χ4n) is 3.66. The van der Waals surface area contributed by atoms with E-state index < -0.39 is 5.91 Å². The smallest absolute Gasteiger partial charge is 0.281 e. The second-order valence-electron chi connectivity index (χ2n) is 8.63. The number of halogens is 1. The number of nitrogens with one attached hydrogen (secondary N) is 3. The van der Waals surface area contributed by atoms with E-state index >= 15 is 0 Å². The number of amides is 3. The summed E-state index contributed by atoms with van der Waals surface area (Å²) < 4.78 is 0.946. The van der Waals surface area contributed by atoms with Crippen LogP contribution in [0.4, 0.5) is 5.69 Å². The van der Waals surface area contributed by atoms with E-state index in [1.807, 2.05) is 43.3 Å². The Morgan fingerprint density at radius 1 is 0.923 bits per heavy atom. The van der Waals surface area contributed by atoms with Gasteiger partial charge < -0.3 is 15.7 Å². The van der Waals surface area contributed by atoms with Crippen molar-refractivity contribution in [1.29, 1.82) is 0 Å². The first-order valence-electron chi connectivity index (χ1n) is 11.8. The fraction of sp³-hybridized carbons (Fsp3) is 0.143. The normalized spacial score (nSPS) is 12.1. The van der Waals surface area contributed by atoms with Crippen LogP contribution >= 0.6 is 38.6 Å². The SMILES string of the molecule is CC(=O)Nc1ccc(C(C)NC(=O)c2ccc(C(=O)NN=C(C)c3csc(-c4ccc(Br)cc4)c3O)s2)cc1. The van der Waals surface area contributed by atoms with Crippen LogP contribution in [0.5, 0.6) is 5.75 Å². The van der Waals surface area contributed by atoms with Crippen molar-refractivity contribution in [2.45, 2.75) is 26.8 Å². The topological polar surface area (TPSA) is 120 Å². The molecule has 2 aromatic heterocycles. The second kappa shape index (κ2) is 12.4. The molecule has 0 aliphatic carbocycles. The third-order valence-electron chi connectivity index (χ3n) is 5.72. The lowest BCUT2D eigenvalue weighted by Crippen LogP contribution is -2.25. The molecule has 1 atom stereocenters. The summed E-state index contributed by atoms with van der Waals surface area (Å²) >= 11 is 5.85. The zero-order chi connectivity index (χ0) is 28.1. The van der Waals surface area contributed by atoms with Gasteiger partial charge in [-0.1, -0.05) is 40.2 Å². The number of aromatic hydroxyl groups is 1. The number of carbonyl (C=O) groups is 3. The molecule has 2 heterocycles. The number of thiophene rings is 2. The van der Waals surface area contributed by atoms with E-state index in [9.17, 15) is 19.5 Å². The van der Waals surface area contributed by atoms with Crippen molar-refractivity contribution < 1.29 is 19.5 Å². The van der Waals surface area contributed by atoms with Crippen molar-refractivity contribution in [3.8, 4) is 16.2 Å². The van der Waals surface area contributed by atoms with Gasteiger partial charge in [0.15, 0.2) is 0 Å². The summed E-state index contributed by atoms with van der Waals surface area (Å²) in [6.45, 7) is 4.99. The predicted molar refractivity (Wildman–Crippen MR) is 160 cm³/mol. The fourth-order valence-corrected chi connectivity index (χ4v) is 5.73. The number of hydrazone groups is 1. The van der Waals surface area contributed by atoms with Crippen molar-refractivity contribution >= 4 is 67.7 Å². The average molecular weight is 626 g/mol. The van der Waals surface area contributed by atoms with Crippen LogP contribution in [0, 0.1) is 0 Å². The minimum atomic E-state index is -0.456. The molecule has 200 valence electrons. The molecule has 0 saturated heterocycles. The molecule has 2 aromatic carbocycles. The third-order valence-corrected chi connectivity index (χ3v) is 8.35. The maximum absolute atomic E-state index is 12.8. The summed E-state index contributed by atoms with van der Waals surface area (Å²) in [5.41, 5.74) is 5.91. The largest absolute Gasteiger partial charge is 0.506 e. The Bertz CT molecular complexity index is 1540. The molecule has 4 aromatic rings. The van der Waals surface area contributed by atoms with Crippen molar-refractivity contribution in [2.75, 3.05) is 5.32 Å². The van der Waals surface area contributed by atoms with Crippen molar-refractivity contribution in [2.24, 2.45) is 5.10 Å². The lowest BCUT2D eigenvalue weighted by atomic mass is 10.1. The monoisotopic (exact) mass is 624 g/mol. The van der Waals surface area contributed by atoms with Crippen LogP contribution in [0.1, 0.15) is 57.3 Å². The summed E-state index contributed by atoms with van der Waals surface area (Å²) in [6, 6.07) is 17.7. The summed E-state index contributed by atoms with van der Waals surface area (Å²) in [6.07, 6.45) is 0. The number of anilines is 1. The minimum Gasteiger partial charge on any atom is -0.506 e. The van der Waals surface area contributed by atoms with E-state index in [1.54, 1.807) is 36.6 Å². The van der Waals surface area contributed by atoms with Crippen LogP contribution in [0.2, 0.25) is 0 Å². The highest BCUT2D eigenvalue weighted by molar-refractivity contribution is 9.10. The van der Waals surface area contributed by atoms with Gasteiger partial charge in [-0.25, -0.2) is 5.43 Å². The first kappa shape index (κ1) is 28.2. The minimum absolute atomic E-state index is 0.103. The molecule has 1 unspecified atom stereocenters. The molecule has 0 aliphatic rings. The maximum Gasteiger partial charge on any atom is 0.281 e. The van der Waals surface area contributed by atoms with E-state index in [0.717, 1.165) is 26.9 Å². The van der Waals surface area contributed by atoms with Gasteiger partial charge in [-0.3, -0.25) is 14.4 Å². The van der Waals surface area contributed by atoms with Gasteiger partial charge in [-0.05, 0) is 61.4 Å². The van der Waals surface area contributed by atoms with Gasteiger partial charge in [0, 0.05) is 22.5 Å². The molecule has 4 N–H and O–H groups in total. The Hall–Kier alpha value is -3.80. The second-order valence-corrected chi connectivity index (χ2v) is 11.5. The Balaban J connectivity index is 1.37. The van der Waals surface area contributed by atoms with Crippen LogP contribution in [0.3, 0.4) is 0 Å². The third kappa shape index (κ3) is 6.99. The average Bonchev–Trinajstić information content (AvgIpc) is 3.55. The number of rotatable bonds is 8. The van der Waals surface area contributed by atoms with Crippen LogP contribution in [-0.2, 0) is 4.79 Å². The lowest BCUT2D eigenvalue weighted by Gasteiger charge is -2.14. The zero-order valence-corrected chi connectivity index (χ0v) is 24.5. The van der Waals surface area contributed by atoms with Gasteiger partial charge >= 0.3 is 0 Å². The van der Waals surface area contributed by atoms with Crippen LogP contribution in [0.15, 0.2) is 75.6 Å². The molecule has 0 spiro atoms. The van der Waals surface area contributed by atoms with Crippen LogP contribution in [0.25, 0.3) is 10.4 Å². The Kier molecular flexibility index (Phi) is 8.95. The van der Waals surface area contributed by atoms with E-state index in [1.165, 1.54) is 18.3 Å². The highest BCUT2D eigenvalue weighted by Gasteiger charge is 2.18. The molecule has 0 fully saturated rings. The molecule has 0 bridgehead atoms. The van der Waals surface area contributed by atoms with Crippen molar-refractivity contribution in [3.63, 3.8) is 0 Å². The number of nitrogens with zero attached hydrogens (tertiary/aromatic N) is 1. The van der Waals surface area contributed by atoms with Gasteiger partial charge in [0.25, 0.3) is 11.8 Å². The van der Waals surface area contributed by atoms with Crippen LogP contribution in [-0.4, -0.2) is 28.5 Å². The molecule has 3 amide bonds. The van der Waals surface area contributed by atoms with Crippen molar-refractivity contribution in [3.05, 3.63) is 91.4 Å².